The van der Waals surface area contributed by atoms with Gasteiger partial charge in [0.2, 0.25) is 5.43 Å². The van der Waals surface area contributed by atoms with Crippen LogP contribution in [0, 0.1) is 21.7 Å². The highest BCUT2D eigenvalue weighted by atomic mass is 79.9. The lowest BCUT2D eigenvalue weighted by Gasteiger charge is -2.11. The number of hydrogen-bond acceptors (Lipinski definition) is 5. The molecule has 0 amide bonds. The Morgan fingerprint density at radius 3 is 2.30 bits per heavy atom. The van der Waals surface area contributed by atoms with E-state index < -0.39 is 33.5 Å². The van der Waals surface area contributed by atoms with Crippen molar-refractivity contribution in [2.75, 3.05) is 0 Å². The molecule has 0 aliphatic heterocycles. The van der Waals surface area contributed by atoms with E-state index in [0.717, 1.165) is 29.7 Å². The van der Waals surface area contributed by atoms with Gasteiger partial charge in [-0.25, -0.2) is 13.6 Å². The molecule has 0 saturated carbocycles. The van der Waals surface area contributed by atoms with Crippen LogP contribution in [0.3, 0.4) is 0 Å². The van der Waals surface area contributed by atoms with Gasteiger partial charge in [-0.05, 0) is 35.4 Å². The summed E-state index contributed by atoms with van der Waals surface area (Å²) < 4.78 is 29.9. The van der Waals surface area contributed by atoms with Gasteiger partial charge in [0.05, 0.1) is 16.9 Å². The maximum atomic E-state index is 14.3. The quantitative estimate of drug-likeness (QED) is 0.198. The smallest absolute Gasteiger partial charge is 0.341 e. The normalized spacial score (nSPS) is 11.1. The Hall–Kier alpha value is -3.44. The molecule has 0 fully saturated rings. The fourth-order valence-corrected chi connectivity index (χ4v) is 5.56. The standard InChI is InChI=1S/C22H13BrF2N2O5S/c23-8-13-18-19(28)15(22(29)30)10-26(9-14-16(24)2-1-3-17(14)25)21(18)33-20(13)11-4-6-12(7-5-11)27(31)32/h1-7,10H,8-9H2,(H,29,30). The lowest BCUT2D eigenvalue weighted by atomic mass is 10.1. The summed E-state index contributed by atoms with van der Waals surface area (Å²) in [4.78, 5) is 36.1. The van der Waals surface area contributed by atoms with Crippen molar-refractivity contribution in [3.05, 3.63) is 97.3 Å². The first-order valence-corrected chi connectivity index (χ1v) is 11.3. The van der Waals surface area contributed by atoms with E-state index in [4.69, 9.17) is 0 Å². The summed E-state index contributed by atoms with van der Waals surface area (Å²) in [5.41, 5.74) is -0.570. The van der Waals surface area contributed by atoms with Gasteiger partial charge in [-0.15, -0.1) is 11.3 Å². The number of alkyl halides is 1. The summed E-state index contributed by atoms with van der Waals surface area (Å²) in [6, 6.07) is 9.10. The zero-order valence-electron chi connectivity index (χ0n) is 16.5. The number of aromatic carboxylic acids is 1. The second-order valence-corrected chi connectivity index (χ2v) is 8.59. The molecule has 0 atom stereocenters. The predicted molar refractivity (Wildman–Crippen MR) is 123 cm³/mol. The van der Waals surface area contributed by atoms with Crippen molar-refractivity contribution in [2.45, 2.75) is 11.9 Å². The average molecular weight is 535 g/mol. The SMILES string of the molecule is O=C(O)c1cn(Cc2c(F)cccc2F)c2sc(-c3ccc([N+](=O)[O-])cc3)c(CBr)c2c1=O. The first-order valence-electron chi connectivity index (χ1n) is 9.38. The number of carboxylic acid groups (broad SMARTS) is 1. The van der Waals surface area contributed by atoms with Crippen molar-refractivity contribution >= 4 is 49.1 Å². The monoisotopic (exact) mass is 534 g/mol. The third kappa shape index (κ3) is 4.05. The molecule has 7 nitrogen and oxygen atoms in total. The summed E-state index contributed by atoms with van der Waals surface area (Å²) in [6.07, 6.45) is 1.08. The fourth-order valence-electron chi connectivity index (χ4n) is 3.51. The molecule has 1 N–H and O–H groups in total. The largest absolute Gasteiger partial charge is 0.477 e. The van der Waals surface area contributed by atoms with E-state index in [1.807, 2.05) is 0 Å². The number of nitrogens with zero attached hydrogens (tertiary/aromatic N) is 2. The van der Waals surface area contributed by atoms with E-state index in [1.54, 1.807) is 0 Å². The van der Waals surface area contributed by atoms with Crippen LogP contribution in [-0.4, -0.2) is 20.6 Å². The number of non-ortho nitro benzene ring substituents is 1. The summed E-state index contributed by atoms with van der Waals surface area (Å²) in [5.74, 6) is -3.06. The van der Waals surface area contributed by atoms with Crippen molar-refractivity contribution < 1.29 is 23.6 Å². The van der Waals surface area contributed by atoms with Crippen LogP contribution in [0.25, 0.3) is 20.7 Å². The number of thiophene rings is 1. The molecule has 2 aromatic carbocycles. The van der Waals surface area contributed by atoms with Gasteiger partial charge in [-0.1, -0.05) is 22.0 Å². The zero-order valence-corrected chi connectivity index (χ0v) is 19.0. The second kappa shape index (κ2) is 8.83. The van der Waals surface area contributed by atoms with Gasteiger partial charge in [-0.2, -0.15) is 0 Å². The number of halogens is 3. The molecule has 33 heavy (non-hydrogen) atoms. The van der Waals surface area contributed by atoms with E-state index in [1.165, 1.54) is 34.9 Å². The van der Waals surface area contributed by atoms with E-state index in [-0.39, 0.29) is 28.5 Å². The van der Waals surface area contributed by atoms with Crippen LogP contribution < -0.4 is 5.43 Å². The fraction of sp³-hybridized carbons (Fsp3) is 0.0909. The van der Waals surface area contributed by atoms with Crippen molar-refractivity contribution in [2.24, 2.45) is 0 Å². The summed E-state index contributed by atoms with van der Waals surface area (Å²) in [7, 11) is 0. The maximum Gasteiger partial charge on any atom is 0.341 e. The molecule has 0 unspecified atom stereocenters. The summed E-state index contributed by atoms with van der Waals surface area (Å²) >= 11 is 4.47. The molecule has 0 spiro atoms. The molecule has 2 aromatic heterocycles. The van der Waals surface area contributed by atoms with Crippen LogP contribution in [0.5, 0.6) is 0 Å². The number of pyridine rings is 1. The minimum absolute atomic E-state index is 0.108. The van der Waals surface area contributed by atoms with Crippen LogP contribution in [0.15, 0.2) is 53.5 Å². The number of carbonyl (C=O) groups is 1. The van der Waals surface area contributed by atoms with E-state index in [9.17, 15) is 33.6 Å². The van der Waals surface area contributed by atoms with Gasteiger partial charge < -0.3 is 9.67 Å². The summed E-state index contributed by atoms with van der Waals surface area (Å²) in [5, 5.41) is 20.8. The minimum Gasteiger partial charge on any atom is -0.477 e. The highest BCUT2D eigenvalue weighted by molar-refractivity contribution is 9.08. The second-order valence-electron chi connectivity index (χ2n) is 7.03. The van der Waals surface area contributed by atoms with Crippen molar-refractivity contribution in [3.8, 4) is 10.4 Å². The van der Waals surface area contributed by atoms with Gasteiger partial charge in [0, 0.05) is 34.1 Å². The third-order valence-corrected chi connectivity index (χ3v) is 6.98. The molecular formula is C22H13BrF2N2O5S. The molecule has 0 aliphatic carbocycles. The zero-order chi connectivity index (χ0) is 23.9. The van der Waals surface area contributed by atoms with Crippen LogP contribution >= 0.6 is 27.3 Å². The third-order valence-electron chi connectivity index (χ3n) is 5.10. The number of benzene rings is 2. The van der Waals surface area contributed by atoms with Gasteiger partial charge in [0.15, 0.2) is 0 Å². The van der Waals surface area contributed by atoms with Gasteiger partial charge in [0.1, 0.15) is 22.0 Å². The first kappa shape index (κ1) is 22.7. The van der Waals surface area contributed by atoms with Crippen LogP contribution in [0.4, 0.5) is 14.5 Å². The number of carboxylic acids is 1. The number of fused-ring (bicyclic) bond motifs is 1. The summed E-state index contributed by atoms with van der Waals surface area (Å²) in [6.45, 7) is -0.336. The molecule has 0 bridgehead atoms. The molecule has 168 valence electrons. The van der Waals surface area contributed by atoms with Crippen LogP contribution in [-0.2, 0) is 11.9 Å². The number of hydrogen-bond donors (Lipinski definition) is 1. The Labute approximate surface area is 196 Å². The Morgan fingerprint density at radius 2 is 1.76 bits per heavy atom. The number of nitro groups is 1. The highest BCUT2D eigenvalue weighted by Crippen LogP contribution is 2.39. The number of aromatic nitrogens is 1. The molecule has 0 radical (unpaired) electrons. The Kier molecular flexibility index (Phi) is 6.09. The van der Waals surface area contributed by atoms with Gasteiger partial charge >= 0.3 is 5.97 Å². The van der Waals surface area contributed by atoms with Crippen LogP contribution in [0.1, 0.15) is 21.5 Å². The van der Waals surface area contributed by atoms with E-state index in [2.05, 4.69) is 15.9 Å². The van der Waals surface area contributed by atoms with Crippen molar-refractivity contribution in [3.63, 3.8) is 0 Å². The molecular weight excluding hydrogens is 522 g/mol. The Morgan fingerprint density at radius 1 is 1.12 bits per heavy atom. The molecule has 0 aliphatic rings. The predicted octanol–water partition coefficient (Wildman–Crippen LogP) is 5.56. The molecule has 11 heteroatoms. The van der Waals surface area contributed by atoms with Gasteiger partial charge in [0.25, 0.3) is 5.69 Å². The Balaban J connectivity index is 2.01. The van der Waals surface area contributed by atoms with E-state index >= 15 is 0 Å². The average Bonchev–Trinajstić information content (AvgIpc) is 3.18. The Bertz CT molecular complexity index is 1460. The van der Waals surface area contributed by atoms with Crippen molar-refractivity contribution in [1.82, 2.24) is 4.57 Å². The highest BCUT2D eigenvalue weighted by Gasteiger charge is 2.24. The first-order chi connectivity index (χ1) is 15.7. The molecule has 4 aromatic rings. The number of rotatable bonds is 6. The lowest BCUT2D eigenvalue weighted by Crippen LogP contribution is -2.19. The number of nitro benzene ring substituents is 1. The molecule has 0 saturated heterocycles. The lowest BCUT2D eigenvalue weighted by molar-refractivity contribution is -0.384. The maximum absolute atomic E-state index is 14.3. The van der Waals surface area contributed by atoms with Crippen LogP contribution in [0.2, 0.25) is 0 Å². The minimum atomic E-state index is -1.46. The van der Waals surface area contributed by atoms with Crippen molar-refractivity contribution in [1.29, 1.82) is 0 Å². The molecule has 2 heterocycles. The van der Waals surface area contributed by atoms with E-state index in [0.29, 0.717) is 20.8 Å². The topological polar surface area (TPSA) is 102 Å². The van der Waals surface area contributed by atoms with Gasteiger partial charge in [-0.3, -0.25) is 14.9 Å². The molecule has 4 rings (SSSR count).